The van der Waals surface area contributed by atoms with Gasteiger partial charge in [-0.3, -0.25) is 4.57 Å². The topological polar surface area (TPSA) is 102 Å². The first-order valence-electron chi connectivity index (χ1n) is 15.1. The first-order chi connectivity index (χ1) is 24.2. The summed E-state index contributed by atoms with van der Waals surface area (Å²) in [6, 6.07) is 20.5. The van der Waals surface area contributed by atoms with E-state index in [0.29, 0.717) is 15.1 Å². The third-order valence-electron chi connectivity index (χ3n) is 7.01. The summed E-state index contributed by atoms with van der Waals surface area (Å²) in [6.07, 6.45) is -10.0. The number of ether oxygens (including phenoxy) is 1. The van der Waals surface area contributed by atoms with Gasteiger partial charge in [-0.05, 0) is 92.6 Å². The van der Waals surface area contributed by atoms with Gasteiger partial charge < -0.3 is 14.7 Å². The largest absolute Gasteiger partial charge is 0.443 e. The second-order valence-corrected chi connectivity index (χ2v) is 13.5. The number of aromatic nitrogens is 4. The number of carbonyl (C=O) groups excluding carboxylic acids is 1. The highest BCUT2D eigenvalue weighted by Crippen LogP contribution is 2.32. The Morgan fingerprint density at radius 2 is 1.19 bits per heavy atom. The second-order valence-electron chi connectivity index (χ2n) is 12.1. The highest BCUT2D eigenvalue weighted by molar-refractivity contribution is 9.08. The van der Waals surface area contributed by atoms with Crippen LogP contribution in [0.25, 0.3) is 22.1 Å². The van der Waals surface area contributed by atoms with Crippen molar-refractivity contribution >= 4 is 67.3 Å². The van der Waals surface area contributed by atoms with Crippen LogP contribution in [0, 0.1) is 0 Å². The number of carbonyl (C=O) groups is 1. The van der Waals surface area contributed by atoms with Crippen molar-refractivity contribution in [2.24, 2.45) is 0 Å². The SMILES string of the molecule is CC(C)(C)OC(=O)n1c(=O)[nH]c2ccc(C(F)(F)F)cc21.Clc1ccc(CBr)cc1.O=c1[nH]c2cc(C(F)(F)F)ccc2n1Cc1ccc(Cl)cc1. The van der Waals surface area contributed by atoms with Crippen LogP contribution < -0.4 is 11.4 Å². The van der Waals surface area contributed by atoms with E-state index in [-0.39, 0.29) is 23.1 Å². The van der Waals surface area contributed by atoms with Crippen LogP contribution in [0.3, 0.4) is 0 Å². The van der Waals surface area contributed by atoms with Crippen molar-refractivity contribution in [1.29, 1.82) is 0 Å². The molecule has 276 valence electrons. The average molecular weight is 834 g/mol. The average Bonchev–Trinajstić information content (AvgIpc) is 3.55. The fourth-order valence-corrected chi connectivity index (χ4v) is 5.24. The van der Waals surface area contributed by atoms with Gasteiger partial charge in [0.25, 0.3) is 0 Å². The minimum atomic E-state index is -4.57. The van der Waals surface area contributed by atoms with Crippen LogP contribution in [0.5, 0.6) is 0 Å². The van der Waals surface area contributed by atoms with Crippen LogP contribution in [-0.2, 0) is 29.0 Å². The monoisotopic (exact) mass is 832 g/mol. The first kappa shape index (κ1) is 40.3. The summed E-state index contributed by atoms with van der Waals surface area (Å²) in [5.74, 6) is 0. The number of benzene rings is 4. The van der Waals surface area contributed by atoms with Crippen molar-refractivity contribution in [3.05, 3.63) is 138 Å². The Labute approximate surface area is 310 Å². The molecule has 0 atom stereocenters. The Balaban J connectivity index is 0.000000189. The number of alkyl halides is 7. The number of fused-ring (bicyclic) bond motifs is 2. The Morgan fingerprint density at radius 1 is 0.692 bits per heavy atom. The molecular weight excluding hydrogens is 805 g/mol. The van der Waals surface area contributed by atoms with Gasteiger partial charge in [0, 0.05) is 15.4 Å². The summed E-state index contributed by atoms with van der Waals surface area (Å²) >= 11 is 14.8. The van der Waals surface area contributed by atoms with Crippen LogP contribution in [0.4, 0.5) is 31.1 Å². The van der Waals surface area contributed by atoms with Crippen molar-refractivity contribution in [1.82, 2.24) is 19.1 Å². The molecule has 0 fully saturated rings. The van der Waals surface area contributed by atoms with Crippen molar-refractivity contribution < 1.29 is 35.9 Å². The summed E-state index contributed by atoms with van der Waals surface area (Å²) in [5, 5.41) is 2.26. The number of nitrogens with zero attached hydrogens (tertiary/aromatic N) is 2. The van der Waals surface area contributed by atoms with Gasteiger partial charge in [-0.1, -0.05) is 63.4 Å². The van der Waals surface area contributed by atoms with E-state index in [4.69, 9.17) is 27.9 Å². The van der Waals surface area contributed by atoms with Crippen LogP contribution in [0.1, 0.15) is 43.0 Å². The molecule has 0 bridgehead atoms. The van der Waals surface area contributed by atoms with E-state index in [2.05, 4.69) is 25.9 Å². The van der Waals surface area contributed by atoms with Crippen molar-refractivity contribution in [2.75, 3.05) is 0 Å². The maximum absolute atomic E-state index is 12.7. The number of hydrogen-bond acceptors (Lipinski definition) is 4. The molecule has 6 aromatic rings. The van der Waals surface area contributed by atoms with E-state index in [1.807, 2.05) is 24.3 Å². The minimum absolute atomic E-state index is 0.124. The Kier molecular flexibility index (Phi) is 12.4. The van der Waals surface area contributed by atoms with Gasteiger partial charge >= 0.3 is 29.8 Å². The minimum Gasteiger partial charge on any atom is -0.443 e. The molecule has 0 spiro atoms. The van der Waals surface area contributed by atoms with Crippen LogP contribution in [-0.4, -0.2) is 30.8 Å². The van der Waals surface area contributed by atoms with Gasteiger partial charge in [0.2, 0.25) is 0 Å². The zero-order valence-corrected chi connectivity index (χ0v) is 30.5. The molecule has 0 saturated carbocycles. The van der Waals surface area contributed by atoms with E-state index in [9.17, 15) is 40.7 Å². The highest BCUT2D eigenvalue weighted by atomic mass is 79.9. The summed E-state index contributed by atoms with van der Waals surface area (Å²) < 4.78 is 83.2. The maximum Gasteiger partial charge on any atom is 0.423 e. The van der Waals surface area contributed by atoms with Crippen LogP contribution >= 0.6 is 39.1 Å². The second kappa shape index (κ2) is 16.0. The Bertz CT molecular complexity index is 2290. The summed E-state index contributed by atoms with van der Waals surface area (Å²) in [4.78, 5) is 40.4. The lowest BCUT2D eigenvalue weighted by Crippen LogP contribution is -2.32. The zero-order valence-electron chi connectivity index (χ0n) is 27.4. The fourth-order valence-electron chi connectivity index (χ4n) is 4.61. The molecule has 52 heavy (non-hydrogen) atoms. The van der Waals surface area contributed by atoms with Gasteiger partial charge in [0.1, 0.15) is 5.60 Å². The predicted molar refractivity (Wildman–Crippen MR) is 191 cm³/mol. The van der Waals surface area contributed by atoms with Crippen molar-refractivity contribution in [3.63, 3.8) is 0 Å². The summed E-state index contributed by atoms with van der Waals surface area (Å²) in [5.41, 5.74) is -1.31. The molecule has 0 aliphatic rings. The molecule has 0 unspecified atom stereocenters. The van der Waals surface area contributed by atoms with Crippen molar-refractivity contribution in [2.45, 2.75) is 50.6 Å². The molecule has 2 heterocycles. The van der Waals surface area contributed by atoms with Crippen LogP contribution in [0.15, 0.2) is 94.5 Å². The molecule has 0 aliphatic heterocycles. The summed E-state index contributed by atoms with van der Waals surface area (Å²) in [6.45, 7) is 5.02. The smallest absolute Gasteiger partial charge is 0.423 e. The first-order valence-corrected chi connectivity index (χ1v) is 16.9. The Hall–Kier alpha value is -4.47. The number of imidazole rings is 2. The van der Waals surface area contributed by atoms with Crippen molar-refractivity contribution in [3.8, 4) is 0 Å². The molecule has 8 nitrogen and oxygen atoms in total. The molecule has 6 rings (SSSR count). The molecule has 0 saturated heterocycles. The molecule has 4 aromatic carbocycles. The lowest BCUT2D eigenvalue weighted by molar-refractivity contribution is -0.138. The van der Waals surface area contributed by atoms with E-state index in [0.717, 1.165) is 46.2 Å². The standard InChI is InChI=1S/C15H10ClF3N2O.C13H13F3N2O3.C7H6BrCl/c16-11-4-1-9(2-5-11)8-21-13-6-3-10(15(17,18)19)7-12(13)20-14(21)22;1-12(2,3)21-11(20)18-9-6-7(13(14,15)16)4-5-8(9)17-10(18)19;8-5-6-1-3-7(9)4-2-6/h1-7H,8H2,(H,20,22);4-6H,1-3H3,(H,17,19);1-4H,5H2. The lowest BCUT2D eigenvalue weighted by atomic mass is 10.2. The van der Waals surface area contributed by atoms with Gasteiger partial charge in [-0.25, -0.2) is 14.4 Å². The van der Waals surface area contributed by atoms with E-state index >= 15 is 0 Å². The third kappa shape index (κ3) is 10.5. The third-order valence-corrected chi connectivity index (χ3v) is 8.16. The number of halogens is 9. The molecule has 2 N–H and O–H groups in total. The lowest BCUT2D eigenvalue weighted by Gasteiger charge is -2.19. The van der Waals surface area contributed by atoms with Gasteiger partial charge in [-0.2, -0.15) is 30.9 Å². The van der Waals surface area contributed by atoms with Gasteiger partial charge in [-0.15, -0.1) is 0 Å². The number of nitrogens with one attached hydrogen (secondary N) is 2. The molecule has 2 aromatic heterocycles. The van der Waals surface area contributed by atoms with E-state index in [1.54, 1.807) is 45.0 Å². The van der Waals surface area contributed by atoms with Gasteiger partial charge in [0.05, 0.1) is 39.7 Å². The summed E-state index contributed by atoms with van der Waals surface area (Å²) in [7, 11) is 0. The fraction of sp³-hybridized carbons (Fsp3) is 0.229. The van der Waals surface area contributed by atoms with Gasteiger partial charge in [0.15, 0.2) is 0 Å². The number of rotatable bonds is 3. The molecular formula is C35H29BrCl2F6N4O4. The van der Waals surface area contributed by atoms with E-state index in [1.165, 1.54) is 16.2 Å². The van der Waals surface area contributed by atoms with Crippen LogP contribution in [0.2, 0.25) is 10.0 Å². The number of H-pyrrole nitrogens is 2. The Morgan fingerprint density at radius 3 is 1.71 bits per heavy atom. The molecule has 0 aliphatic carbocycles. The van der Waals surface area contributed by atoms with E-state index < -0.39 is 46.6 Å². The zero-order chi connectivity index (χ0) is 38.6. The number of aromatic amines is 2. The molecule has 0 radical (unpaired) electrons. The maximum atomic E-state index is 12.7. The normalized spacial score (nSPS) is 11.8. The molecule has 17 heteroatoms. The predicted octanol–water partition coefficient (Wildman–Crippen LogP) is 10.4. The molecule has 0 amide bonds. The number of hydrogen-bond donors (Lipinski definition) is 2. The quantitative estimate of drug-likeness (QED) is 0.137. The highest BCUT2D eigenvalue weighted by Gasteiger charge is 2.32.